The third-order valence-electron chi connectivity index (χ3n) is 5.41. The van der Waals surface area contributed by atoms with Gasteiger partial charge in [0.05, 0.1) is 5.41 Å². The molecule has 0 radical (unpaired) electrons. The lowest BCUT2D eigenvalue weighted by Crippen LogP contribution is -2.38. The summed E-state index contributed by atoms with van der Waals surface area (Å²) in [4.78, 5) is 12.3. The molecule has 2 aliphatic rings. The van der Waals surface area contributed by atoms with Gasteiger partial charge in [-0.2, -0.15) is 0 Å². The van der Waals surface area contributed by atoms with Gasteiger partial charge in [-0.3, -0.25) is 4.79 Å². The third-order valence-corrected chi connectivity index (χ3v) is 5.41. The lowest BCUT2D eigenvalue weighted by molar-refractivity contribution is -0.114. The molecule has 0 saturated heterocycles. The van der Waals surface area contributed by atoms with Crippen LogP contribution in [0, 0.1) is 17.0 Å². The van der Waals surface area contributed by atoms with Crippen molar-refractivity contribution in [2.24, 2.45) is 5.41 Å². The number of carbonyl (C=O) groups excluding carboxylic acids is 1. The summed E-state index contributed by atoms with van der Waals surface area (Å²) in [6.07, 6.45) is 1.60. The maximum Gasteiger partial charge on any atom is 0.168 e. The van der Waals surface area contributed by atoms with Crippen molar-refractivity contribution in [1.82, 2.24) is 0 Å². The lowest BCUT2D eigenvalue weighted by Gasteiger charge is -2.37. The number of Topliss-reactive ketones (excluding diaryl/α,β-unsaturated/α-hetero) is 1. The van der Waals surface area contributed by atoms with Gasteiger partial charge in [-0.1, -0.05) is 24.3 Å². The number of allylic oxidation sites excluding steroid dienone is 1. The van der Waals surface area contributed by atoms with Crippen LogP contribution < -0.4 is 0 Å². The molecule has 0 aromatic heterocycles. The molecule has 0 N–H and O–H groups in total. The molecule has 4 heteroatoms. The van der Waals surface area contributed by atoms with Gasteiger partial charge >= 0.3 is 0 Å². The number of carbonyl (C=O) groups is 1. The average Bonchev–Trinajstić information content (AvgIpc) is 3.30. The van der Waals surface area contributed by atoms with Crippen LogP contribution in [-0.4, -0.2) is 5.78 Å². The van der Waals surface area contributed by atoms with Crippen molar-refractivity contribution >= 4 is 5.78 Å². The Hall–Kier alpha value is -2.49. The second kappa shape index (κ2) is 5.25. The Labute approximate surface area is 145 Å². The van der Waals surface area contributed by atoms with E-state index in [0.717, 1.165) is 24.0 Å². The highest BCUT2D eigenvalue weighted by molar-refractivity contribution is 5.97. The Morgan fingerprint density at radius 1 is 0.920 bits per heavy atom. The van der Waals surface area contributed by atoms with Crippen LogP contribution >= 0.6 is 0 Å². The molecule has 1 saturated carbocycles. The largest absolute Gasteiger partial charge is 0.481 e. The SMILES string of the molecule is CC(=O)C1=C(C)OC(c2ccc(F)cc2)(c2ccc(F)cc2)C12CC2. The first-order chi connectivity index (χ1) is 11.9. The van der Waals surface area contributed by atoms with Gasteiger partial charge < -0.3 is 4.74 Å². The Morgan fingerprint density at radius 3 is 1.72 bits per heavy atom. The number of rotatable bonds is 3. The zero-order valence-electron chi connectivity index (χ0n) is 14.1. The van der Waals surface area contributed by atoms with Crippen LogP contribution in [0.15, 0.2) is 59.9 Å². The lowest BCUT2D eigenvalue weighted by atomic mass is 9.70. The Bertz CT molecular complexity index is 830. The van der Waals surface area contributed by atoms with E-state index in [-0.39, 0.29) is 17.4 Å². The summed E-state index contributed by atoms with van der Waals surface area (Å²) in [5.74, 6) is -0.0885. The molecule has 2 aromatic rings. The van der Waals surface area contributed by atoms with Crippen LogP contribution in [0.25, 0.3) is 0 Å². The molecule has 1 heterocycles. The fraction of sp³-hybridized carbons (Fsp3) is 0.286. The molecule has 2 nitrogen and oxygen atoms in total. The first-order valence-electron chi connectivity index (χ1n) is 8.34. The average molecular weight is 340 g/mol. The summed E-state index contributed by atoms with van der Waals surface area (Å²) in [5.41, 5.74) is 0.835. The van der Waals surface area contributed by atoms with Crippen LogP contribution in [-0.2, 0) is 15.1 Å². The Kier molecular flexibility index (Phi) is 3.36. The van der Waals surface area contributed by atoms with E-state index in [1.165, 1.54) is 24.3 Å². The maximum atomic E-state index is 13.5. The molecule has 0 bridgehead atoms. The van der Waals surface area contributed by atoms with E-state index in [1.54, 1.807) is 38.1 Å². The van der Waals surface area contributed by atoms with Crippen LogP contribution in [0.2, 0.25) is 0 Å². The summed E-state index contributed by atoms with van der Waals surface area (Å²) in [6, 6.07) is 12.3. The van der Waals surface area contributed by atoms with E-state index in [0.29, 0.717) is 11.3 Å². The zero-order chi connectivity index (χ0) is 17.8. The molecule has 1 aliphatic carbocycles. The van der Waals surface area contributed by atoms with E-state index >= 15 is 0 Å². The number of halogens is 2. The summed E-state index contributed by atoms with van der Waals surface area (Å²) in [7, 11) is 0. The number of ketones is 1. The molecule has 0 atom stereocenters. The fourth-order valence-corrected chi connectivity index (χ4v) is 4.41. The Balaban J connectivity index is 1.98. The molecule has 2 aromatic carbocycles. The quantitative estimate of drug-likeness (QED) is 0.796. The minimum absolute atomic E-state index is 0.0129. The highest BCUT2D eigenvalue weighted by atomic mass is 19.1. The van der Waals surface area contributed by atoms with Crippen LogP contribution in [0.3, 0.4) is 0 Å². The van der Waals surface area contributed by atoms with Crippen molar-refractivity contribution in [1.29, 1.82) is 0 Å². The summed E-state index contributed by atoms with van der Waals surface area (Å²) in [6.45, 7) is 3.35. The number of benzene rings is 2. The van der Waals surface area contributed by atoms with Crippen molar-refractivity contribution in [3.63, 3.8) is 0 Å². The highest BCUT2D eigenvalue weighted by Crippen LogP contribution is 2.71. The first-order valence-corrected chi connectivity index (χ1v) is 8.34. The van der Waals surface area contributed by atoms with Gasteiger partial charge in [0, 0.05) is 16.7 Å². The van der Waals surface area contributed by atoms with Crippen molar-refractivity contribution in [2.75, 3.05) is 0 Å². The fourth-order valence-electron chi connectivity index (χ4n) is 4.41. The normalized spacial score (nSPS) is 19.8. The minimum atomic E-state index is -0.931. The first kappa shape index (κ1) is 16.0. The molecule has 1 aliphatic heterocycles. The summed E-state index contributed by atoms with van der Waals surface area (Å²) >= 11 is 0. The van der Waals surface area contributed by atoms with Gasteiger partial charge in [-0.05, 0) is 51.0 Å². The maximum absolute atomic E-state index is 13.5. The van der Waals surface area contributed by atoms with Gasteiger partial charge in [0.2, 0.25) is 0 Å². The van der Waals surface area contributed by atoms with Crippen molar-refractivity contribution in [2.45, 2.75) is 32.3 Å². The van der Waals surface area contributed by atoms with Gasteiger partial charge in [0.25, 0.3) is 0 Å². The van der Waals surface area contributed by atoms with Gasteiger partial charge in [0.1, 0.15) is 17.4 Å². The zero-order valence-corrected chi connectivity index (χ0v) is 14.1. The smallest absolute Gasteiger partial charge is 0.168 e. The molecule has 1 spiro atoms. The second-order valence-corrected chi connectivity index (χ2v) is 6.87. The van der Waals surface area contributed by atoms with Crippen molar-refractivity contribution in [3.8, 4) is 0 Å². The number of hydrogen-bond acceptors (Lipinski definition) is 2. The van der Waals surface area contributed by atoms with Gasteiger partial charge in [-0.25, -0.2) is 8.78 Å². The van der Waals surface area contributed by atoms with E-state index < -0.39 is 11.0 Å². The molecule has 4 rings (SSSR count). The van der Waals surface area contributed by atoms with E-state index in [4.69, 9.17) is 4.74 Å². The van der Waals surface area contributed by atoms with Crippen molar-refractivity contribution < 1.29 is 18.3 Å². The predicted molar refractivity (Wildman–Crippen MR) is 89.7 cm³/mol. The predicted octanol–water partition coefficient (Wildman–Crippen LogP) is 4.88. The third kappa shape index (κ3) is 2.10. The van der Waals surface area contributed by atoms with Crippen LogP contribution in [0.1, 0.15) is 37.8 Å². The molecule has 0 amide bonds. The second-order valence-electron chi connectivity index (χ2n) is 6.87. The molecular formula is C21H18F2O2. The number of hydrogen-bond donors (Lipinski definition) is 0. The van der Waals surface area contributed by atoms with Crippen molar-refractivity contribution in [3.05, 3.63) is 82.6 Å². The van der Waals surface area contributed by atoms with Gasteiger partial charge in [-0.15, -0.1) is 0 Å². The Morgan fingerprint density at radius 2 is 1.36 bits per heavy atom. The highest BCUT2D eigenvalue weighted by Gasteiger charge is 2.69. The molecule has 1 fully saturated rings. The summed E-state index contributed by atoms with van der Waals surface area (Å²) in [5, 5.41) is 0. The monoisotopic (exact) mass is 340 g/mol. The molecule has 0 unspecified atom stereocenters. The van der Waals surface area contributed by atoms with Crippen LogP contribution in [0.5, 0.6) is 0 Å². The molecule has 25 heavy (non-hydrogen) atoms. The topological polar surface area (TPSA) is 26.3 Å². The molecular weight excluding hydrogens is 322 g/mol. The van der Waals surface area contributed by atoms with Gasteiger partial charge in [0.15, 0.2) is 11.4 Å². The van der Waals surface area contributed by atoms with Crippen LogP contribution in [0.4, 0.5) is 8.78 Å². The van der Waals surface area contributed by atoms with E-state index in [2.05, 4.69) is 0 Å². The standard InChI is InChI=1S/C21H18F2O2/c1-13(24)19-14(2)25-21(20(19)11-12-20,15-3-7-17(22)8-4-15)16-5-9-18(23)10-6-16/h3-10H,11-12H2,1-2H3. The minimum Gasteiger partial charge on any atom is -0.481 e. The summed E-state index contributed by atoms with van der Waals surface area (Å²) < 4.78 is 33.3. The molecule has 128 valence electrons. The number of ether oxygens (including phenoxy) is 1. The van der Waals surface area contributed by atoms with E-state index in [9.17, 15) is 13.6 Å². The van der Waals surface area contributed by atoms with E-state index in [1.807, 2.05) is 0 Å².